The van der Waals surface area contributed by atoms with Crippen molar-refractivity contribution in [2.24, 2.45) is 0 Å². The van der Waals surface area contributed by atoms with Crippen LogP contribution in [0.1, 0.15) is 70.8 Å². The van der Waals surface area contributed by atoms with E-state index >= 15 is 0 Å². The van der Waals surface area contributed by atoms with Gasteiger partial charge in [-0.25, -0.2) is 0 Å². The first-order chi connectivity index (χ1) is 9.36. The molecule has 0 aliphatic heterocycles. The Morgan fingerprint density at radius 2 is 1.68 bits per heavy atom. The summed E-state index contributed by atoms with van der Waals surface area (Å²) in [5.74, 6) is 0. The van der Waals surface area contributed by atoms with Gasteiger partial charge in [-0.15, -0.1) is 0 Å². The number of hydrogen-bond acceptors (Lipinski definition) is 2. The molecular formula is C16H31N3. The Kier molecular flexibility index (Phi) is 9.42. The molecule has 0 amide bonds. The third-order valence-corrected chi connectivity index (χ3v) is 3.55. The van der Waals surface area contributed by atoms with E-state index in [0.29, 0.717) is 0 Å². The molecule has 1 rings (SSSR count). The maximum atomic E-state index is 4.28. The lowest BCUT2D eigenvalue weighted by atomic mass is 10.1. The second-order valence-electron chi connectivity index (χ2n) is 5.36. The van der Waals surface area contributed by atoms with E-state index in [1.165, 1.54) is 56.9 Å². The molecule has 110 valence electrons. The van der Waals surface area contributed by atoms with E-state index in [2.05, 4.69) is 30.5 Å². The number of aromatic nitrogens is 2. The van der Waals surface area contributed by atoms with Crippen LogP contribution in [0, 0.1) is 0 Å². The maximum absolute atomic E-state index is 4.28. The first-order valence-corrected chi connectivity index (χ1v) is 8.08. The van der Waals surface area contributed by atoms with E-state index in [1.54, 1.807) is 0 Å². The van der Waals surface area contributed by atoms with E-state index in [4.69, 9.17) is 0 Å². The monoisotopic (exact) mass is 265 g/mol. The van der Waals surface area contributed by atoms with Crippen LogP contribution < -0.4 is 5.32 Å². The van der Waals surface area contributed by atoms with E-state index in [1.807, 2.05) is 10.9 Å². The fourth-order valence-electron chi connectivity index (χ4n) is 2.29. The molecular weight excluding hydrogens is 234 g/mol. The van der Waals surface area contributed by atoms with Crippen molar-refractivity contribution in [2.45, 2.75) is 78.3 Å². The quantitative estimate of drug-likeness (QED) is 0.576. The van der Waals surface area contributed by atoms with Crippen LogP contribution in [0.5, 0.6) is 0 Å². The van der Waals surface area contributed by atoms with Gasteiger partial charge in [0, 0.05) is 24.8 Å². The molecule has 0 radical (unpaired) electrons. The van der Waals surface area contributed by atoms with Gasteiger partial charge in [0.05, 0.1) is 6.20 Å². The predicted octanol–water partition coefficient (Wildman–Crippen LogP) is 4.13. The van der Waals surface area contributed by atoms with Gasteiger partial charge in [0.15, 0.2) is 0 Å². The van der Waals surface area contributed by atoms with Gasteiger partial charge in [-0.2, -0.15) is 5.10 Å². The largest absolute Gasteiger partial charge is 0.313 e. The summed E-state index contributed by atoms with van der Waals surface area (Å²) in [5, 5.41) is 7.77. The number of aryl methyl sites for hydroxylation is 1. The van der Waals surface area contributed by atoms with E-state index in [9.17, 15) is 0 Å². The van der Waals surface area contributed by atoms with Gasteiger partial charge in [-0.05, 0) is 19.9 Å². The molecule has 3 nitrogen and oxygen atoms in total. The van der Waals surface area contributed by atoms with Gasteiger partial charge in [0.25, 0.3) is 0 Å². The highest BCUT2D eigenvalue weighted by molar-refractivity contribution is 5.02. The first-order valence-electron chi connectivity index (χ1n) is 8.08. The lowest BCUT2D eigenvalue weighted by Gasteiger charge is -2.03. The van der Waals surface area contributed by atoms with Crippen molar-refractivity contribution >= 4 is 0 Å². The van der Waals surface area contributed by atoms with Crippen LogP contribution in [-0.2, 0) is 13.1 Å². The Balaban J connectivity index is 1.86. The van der Waals surface area contributed by atoms with Crippen LogP contribution in [0.2, 0.25) is 0 Å². The van der Waals surface area contributed by atoms with Gasteiger partial charge in [0.1, 0.15) is 0 Å². The Hall–Kier alpha value is -0.830. The smallest absolute Gasteiger partial charge is 0.0534 e. The van der Waals surface area contributed by atoms with Crippen molar-refractivity contribution in [1.29, 1.82) is 0 Å². The second-order valence-corrected chi connectivity index (χ2v) is 5.36. The molecule has 0 saturated heterocycles. The maximum Gasteiger partial charge on any atom is 0.0534 e. The SMILES string of the molecule is CCCCCCCCCCNCc1cnn(CC)c1. The third-order valence-electron chi connectivity index (χ3n) is 3.55. The molecule has 1 aromatic rings. The summed E-state index contributed by atoms with van der Waals surface area (Å²) in [6.07, 6.45) is 15.2. The van der Waals surface area contributed by atoms with Crippen molar-refractivity contribution in [3.8, 4) is 0 Å². The molecule has 0 saturated carbocycles. The van der Waals surface area contributed by atoms with Crippen LogP contribution in [0.25, 0.3) is 0 Å². The van der Waals surface area contributed by atoms with Crippen molar-refractivity contribution in [2.75, 3.05) is 6.54 Å². The number of unbranched alkanes of at least 4 members (excludes halogenated alkanes) is 7. The van der Waals surface area contributed by atoms with Crippen molar-refractivity contribution in [3.63, 3.8) is 0 Å². The average Bonchev–Trinajstić information content (AvgIpc) is 2.89. The Labute approximate surface area is 118 Å². The molecule has 0 atom stereocenters. The molecule has 0 unspecified atom stereocenters. The molecule has 3 heteroatoms. The third kappa shape index (κ3) is 8.04. The molecule has 0 aliphatic rings. The average molecular weight is 265 g/mol. The number of hydrogen-bond donors (Lipinski definition) is 1. The minimum absolute atomic E-state index is 0.955. The molecule has 0 spiro atoms. The fourth-order valence-corrected chi connectivity index (χ4v) is 2.29. The zero-order valence-corrected chi connectivity index (χ0v) is 12.8. The van der Waals surface area contributed by atoms with Crippen molar-refractivity contribution in [1.82, 2.24) is 15.1 Å². The molecule has 19 heavy (non-hydrogen) atoms. The number of nitrogens with zero attached hydrogens (tertiary/aromatic N) is 2. The van der Waals surface area contributed by atoms with Gasteiger partial charge in [0.2, 0.25) is 0 Å². The lowest BCUT2D eigenvalue weighted by molar-refractivity contribution is 0.555. The summed E-state index contributed by atoms with van der Waals surface area (Å²) in [4.78, 5) is 0. The van der Waals surface area contributed by atoms with E-state index in [0.717, 1.165) is 19.6 Å². The van der Waals surface area contributed by atoms with Gasteiger partial charge < -0.3 is 5.32 Å². The number of rotatable bonds is 12. The standard InChI is InChI=1S/C16H31N3/c1-3-5-6-7-8-9-10-11-12-17-13-16-14-18-19(4-2)15-16/h14-15,17H,3-13H2,1-2H3. The minimum atomic E-state index is 0.955. The summed E-state index contributed by atoms with van der Waals surface area (Å²) < 4.78 is 1.98. The zero-order chi connectivity index (χ0) is 13.8. The predicted molar refractivity (Wildman–Crippen MR) is 82.2 cm³/mol. The molecule has 1 aromatic heterocycles. The fraction of sp³-hybridized carbons (Fsp3) is 0.812. The lowest BCUT2D eigenvalue weighted by Crippen LogP contribution is -2.14. The molecule has 0 fully saturated rings. The molecule has 1 heterocycles. The van der Waals surface area contributed by atoms with Crippen molar-refractivity contribution in [3.05, 3.63) is 18.0 Å². The molecule has 0 aromatic carbocycles. The van der Waals surface area contributed by atoms with Crippen LogP contribution in [0.3, 0.4) is 0 Å². The highest BCUT2D eigenvalue weighted by atomic mass is 15.3. The van der Waals surface area contributed by atoms with Crippen LogP contribution >= 0.6 is 0 Å². The Morgan fingerprint density at radius 1 is 1.00 bits per heavy atom. The Morgan fingerprint density at radius 3 is 2.32 bits per heavy atom. The topological polar surface area (TPSA) is 29.9 Å². The molecule has 1 N–H and O–H groups in total. The zero-order valence-electron chi connectivity index (χ0n) is 12.8. The highest BCUT2D eigenvalue weighted by Crippen LogP contribution is 2.08. The summed E-state index contributed by atoms with van der Waals surface area (Å²) in [5.41, 5.74) is 1.29. The van der Waals surface area contributed by atoms with Crippen molar-refractivity contribution < 1.29 is 0 Å². The highest BCUT2D eigenvalue weighted by Gasteiger charge is 1.96. The summed E-state index contributed by atoms with van der Waals surface area (Å²) in [6, 6.07) is 0. The summed E-state index contributed by atoms with van der Waals surface area (Å²) in [7, 11) is 0. The van der Waals surface area contributed by atoms with Crippen LogP contribution in [-0.4, -0.2) is 16.3 Å². The van der Waals surface area contributed by atoms with E-state index < -0.39 is 0 Å². The van der Waals surface area contributed by atoms with Crippen LogP contribution in [0.4, 0.5) is 0 Å². The van der Waals surface area contributed by atoms with Gasteiger partial charge in [-0.3, -0.25) is 4.68 Å². The normalized spacial score (nSPS) is 11.1. The van der Waals surface area contributed by atoms with E-state index in [-0.39, 0.29) is 0 Å². The molecule has 0 bridgehead atoms. The summed E-state index contributed by atoms with van der Waals surface area (Å²) >= 11 is 0. The van der Waals surface area contributed by atoms with Gasteiger partial charge in [-0.1, -0.05) is 51.9 Å². The first kappa shape index (κ1) is 16.2. The Bertz CT molecular complexity index is 307. The summed E-state index contributed by atoms with van der Waals surface area (Å²) in [6.45, 7) is 7.43. The van der Waals surface area contributed by atoms with Gasteiger partial charge >= 0.3 is 0 Å². The minimum Gasteiger partial charge on any atom is -0.313 e. The van der Waals surface area contributed by atoms with Crippen LogP contribution in [0.15, 0.2) is 12.4 Å². The molecule has 0 aliphatic carbocycles. The second kappa shape index (κ2) is 11.0. The number of nitrogens with one attached hydrogen (secondary N) is 1.